The van der Waals surface area contributed by atoms with Gasteiger partial charge in [-0.15, -0.1) is 0 Å². The zero-order valence-electron chi connectivity index (χ0n) is 17.7. The molecule has 0 radical (unpaired) electrons. The quantitative estimate of drug-likeness (QED) is 0.673. The summed E-state index contributed by atoms with van der Waals surface area (Å²) >= 11 is 0. The number of nitrogens with one attached hydrogen (secondary N) is 2. The van der Waals surface area contributed by atoms with Gasteiger partial charge in [0.25, 0.3) is 5.91 Å². The van der Waals surface area contributed by atoms with Crippen LogP contribution in [0, 0.1) is 5.92 Å². The summed E-state index contributed by atoms with van der Waals surface area (Å²) in [5, 5.41) is 5.61. The predicted octanol–water partition coefficient (Wildman–Crippen LogP) is 1.77. The number of nitrogens with zero attached hydrogens (tertiary/aromatic N) is 2. The molecule has 164 valence electrons. The fraction of sp³-hybridized carbons (Fsp3) is 0.391. The van der Waals surface area contributed by atoms with Gasteiger partial charge in [-0.1, -0.05) is 18.2 Å². The van der Waals surface area contributed by atoms with Gasteiger partial charge in [0.15, 0.2) is 0 Å². The van der Waals surface area contributed by atoms with Crippen LogP contribution in [-0.2, 0) is 16.1 Å². The van der Waals surface area contributed by atoms with Crippen LogP contribution in [0.2, 0.25) is 0 Å². The Hall–Kier alpha value is -3.42. The first kappa shape index (κ1) is 22.3. The van der Waals surface area contributed by atoms with E-state index >= 15 is 0 Å². The van der Waals surface area contributed by atoms with Gasteiger partial charge in [-0.2, -0.15) is 0 Å². The molecule has 0 saturated carbocycles. The summed E-state index contributed by atoms with van der Waals surface area (Å²) in [5.41, 5.74) is 1.35. The SMILES string of the molecule is CCOc1ccccc1C(=O)NCC(=O)N1CCC(C(=O)NCc2cccnc2)CC1. The van der Waals surface area contributed by atoms with E-state index < -0.39 is 0 Å². The summed E-state index contributed by atoms with van der Waals surface area (Å²) in [5.74, 6) is -0.128. The number of likely N-dealkylation sites (tertiary alicyclic amines) is 1. The van der Waals surface area contributed by atoms with E-state index in [0.717, 1.165) is 5.56 Å². The zero-order valence-corrected chi connectivity index (χ0v) is 17.7. The van der Waals surface area contributed by atoms with Gasteiger partial charge in [-0.25, -0.2) is 0 Å². The van der Waals surface area contributed by atoms with Crippen LogP contribution in [0.1, 0.15) is 35.7 Å². The molecule has 8 nitrogen and oxygen atoms in total. The molecular weight excluding hydrogens is 396 g/mol. The largest absolute Gasteiger partial charge is 0.493 e. The maximum Gasteiger partial charge on any atom is 0.255 e. The summed E-state index contributed by atoms with van der Waals surface area (Å²) in [4.78, 5) is 43.1. The molecule has 0 bridgehead atoms. The van der Waals surface area contributed by atoms with Crippen molar-refractivity contribution in [3.05, 3.63) is 59.9 Å². The normalized spacial score (nSPS) is 14.0. The molecule has 1 fully saturated rings. The standard InChI is InChI=1S/C23H28N4O4/c1-2-31-20-8-4-3-7-19(20)23(30)26-16-21(28)27-12-9-18(10-13-27)22(29)25-15-17-6-5-11-24-14-17/h3-8,11,14,18H,2,9-10,12-13,15-16H2,1H3,(H,25,29)(H,26,30). The van der Waals surface area contributed by atoms with E-state index in [1.165, 1.54) is 0 Å². The van der Waals surface area contributed by atoms with Crippen LogP contribution in [0.25, 0.3) is 0 Å². The Labute approximate surface area is 182 Å². The number of para-hydroxylation sites is 1. The molecule has 1 aliphatic heterocycles. The Morgan fingerprint density at radius 2 is 1.87 bits per heavy atom. The minimum absolute atomic E-state index is 0.00298. The molecular formula is C23H28N4O4. The number of piperidine rings is 1. The Kier molecular flexibility index (Phi) is 7.98. The molecule has 1 saturated heterocycles. The molecule has 3 rings (SSSR count). The third-order valence-electron chi connectivity index (χ3n) is 5.24. The number of ether oxygens (including phenoxy) is 1. The van der Waals surface area contributed by atoms with Crippen LogP contribution >= 0.6 is 0 Å². The molecule has 1 aliphatic rings. The Balaban J connectivity index is 1.42. The highest BCUT2D eigenvalue weighted by molar-refractivity contribution is 5.98. The second-order valence-electron chi connectivity index (χ2n) is 7.35. The number of hydrogen-bond donors (Lipinski definition) is 2. The molecule has 2 heterocycles. The lowest BCUT2D eigenvalue weighted by Crippen LogP contribution is -2.46. The zero-order chi connectivity index (χ0) is 22.1. The molecule has 1 aromatic carbocycles. The van der Waals surface area contributed by atoms with Crippen molar-refractivity contribution in [2.24, 2.45) is 5.92 Å². The van der Waals surface area contributed by atoms with E-state index in [4.69, 9.17) is 4.74 Å². The number of carbonyl (C=O) groups excluding carboxylic acids is 3. The number of carbonyl (C=O) groups is 3. The van der Waals surface area contributed by atoms with Gasteiger partial charge in [-0.05, 0) is 43.5 Å². The van der Waals surface area contributed by atoms with E-state index in [9.17, 15) is 14.4 Å². The molecule has 2 N–H and O–H groups in total. The third kappa shape index (κ3) is 6.28. The van der Waals surface area contributed by atoms with Crippen molar-refractivity contribution in [1.29, 1.82) is 0 Å². The maximum absolute atomic E-state index is 12.5. The molecule has 0 spiro atoms. The fourth-order valence-corrected chi connectivity index (χ4v) is 3.53. The highest BCUT2D eigenvalue weighted by Gasteiger charge is 2.27. The lowest BCUT2D eigenvalue weighted by Gasteiger charge is -2.31. The first-order valence-corrected chi connectivity index (χ1v) is 10.5. The van der Waals surface area contributed by atoms with Gasteiger partial charge < -0.3 is 20.3 Å². The topological polar surface area (TPSA) is 101 Å². The summed E-state index contributed by atoms with van der Waals surface area (Å²) < 4.78 is 5.47. The number of aromatic nitrogens is 1. The summed E-state index contributed by atoms with van der Waals surface area (Å²) in [6.45, 7) is 3.65. The number of amides is 3. The minimum Gasteiger partial charge on any atom is -0.493 e. The molecule has 1 aromatic heterocycles. The van der Waals surface area contributed by atoms with E-state index in [1.807, 2.05) is 19.1 Å². The van der Waals surface area contributed by atoms with Crippen molar-refractivity contribution in [1.82, 2.24) is 20.5 Å². The Morgan fingerprint density at radius 1 is 1.10 bits per heavy atom. The van der Waals surface area contributed by atoms with Gasteiger partial charge in [0.05, 0.1) is 18.7 Å². The predicted molar refractivity (Wildman–Crippen MR) is 115 cm³/mol. The van der Waals surface area contributed by atoms with E-state index in [0.29, 0.717) is 50.4 Å². The van der Waals surface area contributed by atoms with Crippen LogP contribution in [-0.4, -0.2) is 53.8 Å². The number of pyridine rings is 1. The van der Waals surface area contributed by atoms with Gasteiger partial charge in [-0.3, -0.25) is 19.4 Å². The lowest BCUT2D eigenvalue weighted by molar-refractivity contribution is -0.134. The van der Waals surface area contributed by atoms with Crippen LogP contribution in [0.4, 0.5) is 0 Å². The van der Waals surface area contributed by atoms with Gasteiger partial charge in [0, 0.05) is 37.9 Å². The van der Waals surface area contributed by atoms with Gasteiger partial charge in [0.2, 0.25) is 11.8 Å². The monoisotopic (exact) mass is 424 g/mol. The van der Waals surface area contributed by atoms with Gasteiger partial charge >= 0.3 is 0 Å². The average molecular weight is 425 g/mol. The van der Waals surface area contributed by atoms with Crippen molar-refractivity contribution in [2.45, 2.75) is 26.3 Å². The molecule has 8 heteroatoms. The molecule has 3 amide bonds. The van der Waals surface area contributed by atoms with Crippen LogP contribution in [0.15, 0.2) is 48.8 Å². The van der Waals surface area contributed by atoms with Crippen molar-refractivity contribution in [2.75, 3.05) is 26.2 Å². The van der Waals surface area contributed by atoms with Gasteiger partial charge in [0.1, 0.15) is 5.75 Å². The highest BCUT2D eigenvalue weighted by atomic mass is 16.5. The highest BCUT2D eigenvalue weighted by Crippen LogP contribution is 2.19. The fourth-order valence-electron chi connectivity index (χ4n) is 3.53. The number of benzene rings is 1. The summed E-state index contributed by atoms with van der Waals surface area (Å²) in [6, 6.07) is 10.7. The van der Waals surface area contributed by atoms with Crippen molar-refractivity contribution < 1.29 is 19.1 Å². The van der Waals surface area contributed by atoms with Crippen molar-refractivity contribution >= 4 is 17.7 Å². The first-order valence-electron chi connectivity index (χ1n) is 10.5. The maximum atomic E-state index is 12.5. The van der Waals surface area contributed by atoms with E-state index in [2.05, 4.69) is 15.6 Å². The van der Waals surface area contributed by atoms with Crippen LogP contribution in [0.5, 0.6) is 5.75 Å². The summed E-state index contributed by atoms with van der Waals surface area (Å²) in [7, 11) is 0. The van der Waals surface area contributed by atoms with Crippen molar-refractivity contribution in [3.8, 4) is 5.75 Å². The smallest absolute Gasteiger partial charge is 0.255 e. The molecule has 0 aliphatic carbocycles. The summed E-state index contributed by atoms with van der Waals surface area (Å²) in [6.07, 6.45) is 4.62. The second kappa shape index (κ2) is 11.1. The van der Waals surface area contributed by atoms with Crippen molar-refractivity contribution in [3.63, 3.8) is 0 Å². The van der Waals surface area contributed by atoms with Crippen LogP contribution in [0.3, 0.4) is 0 Å². The second-order valence-corrected chi connectivity index (χ2v) is 7.35. The minimum atomic E-state index is -0.345. The molecule has 2 aromatic rings. The molecule has 0 unspecified atom stereocenters. The third-order valence-corrected chi connectivity index (χ3v) is 5.24. The van der Waals surface area contributed by atoms with E-state index in [1.54, 1.807) is 41.6 Å². The Bertz CT molecular complexity index is 895. The van der Waals surface area contributed by atoms with E-state index in [-0.39, 0.29) is 30.2 Å². The van der Waals surface area contributed by atoms with Crippen LogP contribution < -0.4 is 15.4 Å². The lowest BCUT2D eigenvalue weighted by atomic mass is 9.95. The number of hydrogen-bond acceptors (Lipinski definition) is 5. The number of rotatable bonds is 8. The first-order chi connectivity index (χ1) is 15.1. The Morgan fingerprint density at radius 3 is 2.58 bits per heavy atom. The molecule has 31 heavy (non-hydrogen) atoms. The average Bonchev–Trinajstić information content (AvgIpc) is 2.82. The molecule has 0 atom stereocenters.